The van der Waals surface area contributed by atoms with Gasteiger partial charge in [0, 0.05) is 11.8 Å². The van der Waals surface area contributed by atoms with Gasteiger partial charge in [0.25, 0.3) is 0 Å². The topological polar surface area (TPSA) is 29.5 Å². The first kappa shape index (κ1) is 17.8. The lowest BCUT2D eigenvalue weighted by Crippen LogP contribution is -2.54. The van der Waals surface area contributed by atoms with E-state index in [0.717, 1.165) is 12.0 Å². The van der Waals surface area contributed by atoms with Crippen LogP contribution in [0.1, 0.15) is 58.9 Å². The lowest BCUT2D eigenvalue weighted by Gasteiger charge is -2.54. The SMILES string of the molecule is C[C@@H]1ON(Cc2ccccc2)C(=O)[C@H]2C[C@@]3(C)CCCC(C)(C)C3=C[C@@H]12. The fraction of sp³-hybridized carbons (Fsp3) is 0.609. The lowest BCUT2D eigenvalue weighted by molar-refractivity contribution is -0.244. The third kappa shape index (κ3) is 2.90. The van der Waals surface area contributed by atoms with Gasteiger partial charge in [-0.1, -0.05) is 69.2 Å². The number of nitrogens with zero attached hydrogens (tertiary/aromatic N) is 1. The molecule has 3 heteroatoms. The van der Waals surface area contributed by atoms with Crippen molar-refractivity contribution in [3.05, 3.63) is 47.5 Å². The van der Waals surface area contributed by atoms with Crippen molar-refractivity contribution in [3.63, 3.8) is 0 Å². The number of amides is 1. The second-order valence-corrected chi connectivity index (χ2v) is 9.44. The van der Waals surface area contributed by atoms with E-state index in [1.807, 2.05) is 18.2 Å². The zero-order valence-electron chi connectivity index (χ0n) is 16.5. The maximum atomic E-state index is 13.3. The van der Waals surface area contributed by atoms with Crippen molar-refractivity contribution in [1.82, 2.24) is 5.06 Å². The van der Waals surface area contributed by atoms with Crippen molar-refractivity contribution >= 4 is 5.91 Å². The van der Waals surface area contributed by atoms with E-state index < -0.39 is 0 Å². The van der Waals surface area contributed by atoms with Crippen LogP contribution >= 0.6 is 0 Å². The van der Waals surface area contributed by atoms with E-state index >= 15 is 0 Å². The van der Waals surface area contributed by atoms with Crippen molar-refractivity contribution < 1.29 is 9.63 Å². The molecule has 1 heterocycles. The predicted octanol–water partition coefficient (Wildman–Crippen LogP) is 5.13. The highest BCUT2D eigenvalue weighted by molar-refractivity contribution is 5.79. The molecule has 1 aromatic carbocycles. The molecule has 26 heavy (non-hydrogen) atoms. The van der Waals surface area contributed by atoms with E-state index in [1.54, 1.807) is 10.6 Å². The number of allylic oxidation sites excluding steroid dienone is 1. The Balaban J connectivity index is 1.63. The van der Waals surface area contributed by atoms with Crippen LogP contribution in [0.25, 0.3) is 0 Å². The molecule has 0 unspecified atom stereocenters. The largest absolute Gasteiger partial charge is 0.272 e. The number of carbonyl (C=O) groups is 1. The van der Waals surface area contributed by atoms with Crippen LogP contribution in [0.5, 0.6) is 0 Å². The van der Waals surface area contributed by atoms with Crippen molar-refractivity contribution in [2.24, 2.45) is 22.7 Å². The average molecular weight is 354 g/mol. The van der Waals surface area contributed by atoms with E-state index in [1.165, 1.54) is 19.3 Å². The van der Waals surface area contributed by atoms with Crippen LogP contribution in [0.15, 0.2) is 42.0 Å². The number of benzene rings is 1. The maximum absolute atomic E-state index is 13.3. The monoisotopic (exact) mass is 353 g/mol. The van der Waals surface area contributed by atoms with Crippen LogP contribution in [0.3, 0.4) is 0 Å². The molecule has 1 aliphatic heterocycles. The molecule has 1 saturated carbocycles. The second-order valence-electron chi connectivity index (χ2n) is 9.44. The van der Waals surface area contributed by atoms with Gasteiger partial charge in [0.15, 0.2) is 0 Å². The standard InChI is InChI=1S/C23H31NO2/c1-16-18-13-20-22(2,3)11-8-12-23(20,4)14-19(18)21(25)24(26-16)15-17-9-6-5-7-10-17/h5-7,9-10,13,16,18-19H,8,11-12,14-15H2,1-4H3/t16-,18-,19-,23+/m0/s1. The first-order chi connectivity index (χ1) is 12.3. The van der Waals surface area contributed by atoms with Gasteiger partial charge in [0.2, 0.25) is 5.91 Å². The highest BCUT2D eigenvalue weighted by Crippen LogP contribution is 2.58. The van der Waals surface area contributed by atoms with Gasteiger partial charge in [-0.05, 0) is 42.6 Å². The van der Waals surface area contributed by atoms with E-state index in [2.05, 4.69) is 45.9 Å². The van der Waals surface area contributed by atoms with Gasteiger partial charge in [0.1, 0.15) is 0 Å². The molecular weight excluding hydrogens is 322 g/mol. The Morgan fingerprint density at radius 3 is 2.62 bits per heavy atom. The summed E-state index contributed by atoms with van der Waals surface area (Å²) in [7, 11) is 0. The molecule has 0 aromatic heterocycles. The number of carbonyl (C=O) groups excluding carboxylic acids is 1. The molecule has 4 atom stereocenters. The summed E-state index contributed by atoms with van der Waals surface area (Å²) in [6.45, 7) is 9.78. The lowest BCUT2D eigenvalue weighted by atomic mass is 9.53. The van der Waals surface area contributed by atoms with Crippen molar-refractivity contribution in [2.45, 2.75) is 66.0 Å². The Morgan fingerprint density at radius 2 is 1.88 bits per heavy atom. The molecule has 3 nitrogen and oxygen atoms in total. The fourth-order valence-electron chi connectivity index (χ4n) is 5.66. The maximum Gasteiger partial charge on any atom is 0.250 e. The molecule has 4 rings (SSSR count). The van der Waals surface area contributed by atoms with Crippen molar-refractivity contribution in [1.29, 1.82) is 0 Å². The molecule has 1 saturated heterocycles. The first-order valence-corrected chi connectivity index (χ1v) is 10.1. The quantitative estimate of drug-likeness (QED) is 0.690. The summed E-state index contributed by atoms with van der Waals surface area (Å²) in [6, 6.07) is 10.1. The number of hydroxylamine groups is 2. The Hall–Kier alpha value is -1.61. The van der Waals surface area contributed by atoms with Crippen LogP contribution in [0.4, 0.5) is 0 Å². The Bertz CT molecular complexity index is 723. The van der Waals surface area contributed by atoms with Crippen LogP contribution in [-0.4, -0.2) is 17.1 Å². The minimum atomic E-state index is 0.0381. The van der Waals surface area contributed by atoms with Gasteiger partial charge in [-0.25, -0.2) is 5.06 Å². The molecule has 0 radical (unpaired) electrons. The average Bonchev–Trinajstić information content (AvgIpc) is 2.59. The Kier molecular flexibility index (Phi) is 4.26. The molecule has 2 fully saturated rings. The van der Waals surface area contributed by atoms with Gasteiger partial charge >= 0.3 is 0 Å². The summed E-state index contributed by atoms with van der Waals surface area (Å²) in [6.07, 6.45) is 7.13. The minimum absolute atomic E-state index is 0.0381. The molecule has 140 valence electrons. The molecular formula is C23H31NO2. The van der Waals surface area contributed by atoms with E-state index in [-0.39, 0.29) is 34.7 Å². The van der Waals surface area contributed by atoms with E-state index in [9.17, 15) is 4.79 Å². The Labute approximate surface area is 157 Å². The first-order valence-electron chi connectivity index (χ1n) is 10.1. The third-order valence-corrected chi connectivity index (χ3v) is 6.97. The van der Waals surface area contributed by atoms with Gasteiger partial charge in [-0.15, -0.1) is 0 Å². The molecule has 1 aromatic rings. The zero-order valence-corrected chi connectivity index (χ0v) is 16.5. The Morgan fingerprint density at radius 1 is 1.15 bits per heavy atom. The summed E-state index contributed by atoms with van der Waals surface area (Å²) in [5, 5.41) is 1.62. The number of hydrogen-bond acceptors (Lipinski definition) is 2. The number of rotatable bonds is 2. The highest BCUT2D eigenvalue weighted by atomic mass is 16.7. The molecule has 3 aliphatic rings. The molecule has 0 spiro atoms. The molecule has 1 amide bonds. The van der Waals surface area contributed by atoms with E-state index in [4.69, 9.17) is 4.84 Å². The van der Waals surface area contributed by atoms with E-state index in [0.29, 0.717) is 6.54 Å². The normalized spacial score (nSPS) is 36.2. The van der Waals surface area contributed by atoms with Crippen molar-refractivity contribution in [2.75, 3.05) is 0 Å². The minimum Gasteiger partial charge on any atom is -0.272 e. The van der Waals surface area contributed by atoms with Gasteiger partial charge in [0.05, 0.1) is 12.6 Å². The van der Waals surface area contributed by atoms with Gasteiger partial charge in [-0.3, -0.25) is 9.63 Å². The van der Waals surface area contributed by atoms with Crippen LogP contribution in [0, 0.1) is 22.7 Å². The zero-order chi connectivity index (χ0) is 18.5. The van der Waals surface area contributed by atoms with Gasteiger partial charge < -0.3 is 0 Å². The second kappa shape index (κ2) is 6.23. The number of hydrogen-bond donors (Lipinski definition) is 0. The van der Waals surface area contributed by atoms with Gasteiger partial charge in [-0.2, -0.15) is 0 Å². The number of fused-ring (bicyclic) bond motifs is 2. The smallest absolute Gasteiger partial charge is 0.250 e. The molecule has 2 aliphatic carbocycles. The fourth-order valence-corrected chi connectivity index (χ4v) is 5.66. The van der Waals surface area contributed by atoms with Crippen LogP contribution < -0.4 is 0 Å². The molecule has 0 N–H and O–H groups in total. The summed E-state index contributed by atoms with van der Waals surface area (Å²) < 4.78 is 0. The summed E-state index contributed by atoms with van der Waals surface area (Å²) >= 11 is 0. The van der Waals surface area contributed by atoms with Crippen molar-refractivity contribution in [3.8, 4) is 0 Å². The molecule has 0 bridgehead atoms. The third-order valence-electron chi connectivity index (χ3n) is 6.97. The summed E-state index contributed by atoms with van der Waals surface area (Å²) in [4.78, 5) is 19.4. The predicted molar refractivity (Wildman–Crippen MR) is 103 cm³/mol. The van der Waals surface area contributed by atoms with Crippen LogP contribution in [0.2, 0.25) is 0 Å². The van der Waals surface area contributed by atoms with Crippen LogP contribution in [-0.2, 0) is 16.2 Å². The summed E-state index contributed by atoms with van der Waals surface area (Å²) in [5.41, 5.74) is 3.08. The summed E-state index contributed by atoms with van der Waals surface area (Å²) in [5.74, 6) is 0.414. The highest BCUT2D eigenvalue weighted by Gasteiger charge is 2.52.